The van der Waals surface area contributed by atoms with Crippen LogP contribution in [0.4, 0.5) is 0 Å². The van der Waals surface area contributed by atoms with Crippen LogP contribution in [0.5, 0.6) is 0 Å². The SMILES string of the molecule is CC1(C)OCC(C2CC(=O)N2[Si](C)(C)C(C)(C)C)O1. The van der Waals surface area contributed by atoms with Crippen molar-refractivity contribution in [1.82, 2.24) is 4.57 Å². The summed E-state index contributed by atoms with van der Waals surface area (Å²) in [4.78, 5) is 12.1. The van der Waals surface area contributed by atoms with Crippen molar-refractivity contribution in [1.29, 1.82) is 0 Å². The van der Waals surface area contributed by atoms with E-state index in [1.807, 2.05) is 13.8 Å². The molecule has 0 aromatic rings. The van der Waals surface area contributed by atoms with Crippen molar-refractivity contribution >= 4 is 14.1 Å². The number of carbonyl (C=O) groups excluding carboxylic acids is 1. The van der Waals surface area contributed by atoms with Crippen LogP contribution in [0.3, 0.4) is 0 Å². The third kappa shape index (κ3) is 2.48. The monoisotopic (exact) mass is 285 g/mol. The van der Waals surface area contributed by atoms with E-state index in [0.717, 1.165) is 0 Å². The van der Waals surface area contributed by atoms with Gasteiger partial charge in [-0.15, -0.1) is 0 Å². The van der Waals surface area contributed by atoms with Crippen LogP contribution in [0.1, 0.15) is 41.0 Å². The number of carbonyl (C=O) groups is 1. The Morgan fingerprint density at radius 1 is 1.32 bits per heavy atom. The quantitative estimate of drug-likeness (QED) is 0.578. The molecule has 19 heavy (non-hydrogen) atoms. The van der Waals surface area contributed by atoms with Gasteiger partial charge < -0.3 is 14.0 Å². The van der Waals surface area contributed by atoms with Crippen molar-refractivity contribution in [2.45, 2.75) is 77.1 Å². The number of nitrogens with zero attached hydrogens (tertiary/aromatic N) is 1. The fourth-order valence-corrected chi connectivity index (χ4v) is 5.26. The van der Waals surface area contributed by atoms with E-state index in [1.165, 1.54) is 0 Å². The maximum atomic E-state index is 12.1. The van der Waals surface area contributed by atoms with Gasteiger partial charge in [0.15, 0.2) is 14.0 Å². The van der Waals surface area contributed by atoms with Crippen LogP contribution in [0.15, 0.2) is 0 Å². The Morgan fingerprint density at radius 3 is 2.26 bits per heavy atom. The van der Waals surface area contributed by atoms with E-state index in [4.69, 9.17) is 9.47 Å². The van der Waals surface area contributed by atoms with E-state index < -0.39 is 14.0 Å². The highest BCUT2D eigenvalue weighted by molar-refractivity contribution is 6.80. The van der Waals surface area contributed by atoms with Crippen LogP contribution in [0.25, 0.3) is 0 Å². The summed E-state index contributed by atoms with van der Waals surface area (Å²) < 4.78 is 13.7. The zero-order valence-electron chi connectivity index (χ0n) is 13.2. The molecule has 0 spiro atoms. The molecule has 2 aliphatic heterocycles. The first-order chi connectivity index (χ1) is 8.46. The van der Waals surface area contributed by atoms with Gasteiger partial charge in [-0.25, -0.2) is 0 Å². The summed E-state index contributed by atoms with van der Waals surface area (Å²) in [5, 5.41) is 0.163. The molecule has 4 nitrogen and oxygen atoms in total. The highest BCUT2D eigenvalue weighted by Crippen LogP contribution is 2.44. The molecule has 0 saturated carbocycles. The number of β-lactam (4-membered cyclic amide) rings is 1. The molecule has 1 amide bonds. The minimum absolute atomic E-state index is 0.0295. The van der Waals surface area contributed by atoms with Gasteiger partial charge in [0.2, 0.25) is 5.91 Å². The summed E-state index contributed by atoms with van der Waals surface area (Å²) in [6, 6.07) is 0.204. The van der Waals surface area contributed by atoms with Gasteiger partial charge in [0.1, 0.15) is 6.10 Å². The van der Waals surface area contributed by atoms with Crippen molar-refractivity contribution in [2.75, 3.05) is 6.61 Å². The van der Waals surface area contributed by atoms with E-state index in [9.17, 15) is 4.79 Å². The summed E-state index contributed by atoms with van der Waals surface area (Å²) in [6.45, 7) is 15.7. The van der Waals surface area contributed by atoms with Crippen molar-refractivity contribution in [3.05, 3.63) is 0 Å². The first kappa shape index (κ1) is 15.0. The zero-order chi connectivity index (χ0) is 14.6. The molecule has 2 atom stereocenters. The zero-order valence-corrected chi connectivity index (χ0v) is 14.2. The van der Waals surface area contributed by atoms with E-state index in [1.54, 1.807) is 0 Å². The maximum Gasteiger partial charge on any atom is 0.217 e. The molecular weight excluding hydrogens is 258 g/mol. The van der Waals surface area contributed by atoms with Crippen molar-refractivity contribution < 1.29 is 14.3 Å². The Balaban J connectivity index is 2.15. The average Bonchev–Trinajstić information content (AvgIpc) is 2.52. The van der Waals surface area contributed by atoms with E-state index in [-0.39, 0.29) is 23.1 Å². The molecule has 2 unspecified atom stereocenters. The highest BCUT2D eigenvalue weighted by atomic mass is 28.3. The standard InChI is InChI=1S/C14H27NO3Si/c1-13(2,3)19(6,7)15-10(8-12(15)16)11-9-17-14(4,5)18-11/h10-11H,8-9H2,1-7H3. The Hall–Kier alpha value is -0.393. The molecule has 110 valence electrons. The second-order valence-electron chi connectivity index (χ2n) is 7.71. The van der Waals surface area contributed by atoms with Crippen molar-refractivity contribution in [3.8, 4) is 0 Å². The second kappa shape index (κ2) is 4.30. The Bertz CT molecular complexity index is 387. The lowest BCUT2D eigenvalue weighted by molar-refractivity contribution is -0.161. The fourth-order valence-electron chi connectivity index (χ4n) is 2.73. The smallest absolute Gasteiger partial charge is 0.217 e. The molecule has 2 rings (SSSR count). The van der Waals surface area contributed by atoms with Gasteiger partial charge in [-0.3, -0.25) is 4.79 Å². The van der Waals surface area contributed by atoms with Gasteiger partial charge >= 0.3 is 0 Å². The molecule has 2 fully saturated rings. The summed E-state index contributed by atoms with van der Waals surface area (Å²) in [6.07, 6.45) is 0.637. The third-order valence-electron chi connectivity index (χ3n) is 4.88. The predicted molar refractivity (Wildman–Crippen MR) is 77.4 cm³/mol. The molecule has 2 aliphatic rings. The van der Waals surface area contributed by atoms with Crippen LogP contribution < -0.4 is 0 Å². The van der Waals surface area contributed by atoms with E-state index in [0.29, 0.717) is 13.0 Å². The van der Waals surface area contributed by atoms with Gasteiger partial charge in [0, 0.05) is 6.42 Å². The predicted octanol–water partition coefficient (Wildman–Crippen LogP) is 2.74. The Labute approximate surface area is 117 Å². The van der Waals surface area contributed by atoms with Gasteiger partial charge in [-0.05, 0) is 18.9 Å². The molecule has 0 N–H and O–H groups in total. The Kier molecular flexibility index (Phi) is 3.40. The van der Waals surface area contributed by atoms with E-state index in [2.05, 4.69) is 38.4 Å². The third-order valence-corrected chi connectivity index (χ3v) is 10.3. The van der Waals surface area contributed by atoms with Crippen LogP contribution >= 0.6 is 0 Å². The molecule has 5 heteroatoms. The number of rotatable bonds is 2. The number of ether oxygens (including phenoxy) is 2. The van der Waals surface area contributed by atoms with Gasteiger partial charge in [0.05, 0.1) is 12.6 Å². The van der Waals surface area contributed by atoms with Gasteiger partial charge in [-0.1, -0.05) is 33.9 Å². The molecule has 0 radical (unpaired) electrons. The summed E-state index contributed by atoms with van der Waals surface area (Å²) in [5.74, 6) is -0.229. The lowest BCUT2D eigenvalue weighted by Gasteiger charge is -2.56. The first-order valence-corrected chi connectivity index (χ1v) is 10.0. The number of hydrogen-bond donors (Lipinski definition) is 0. The lowest BCUT2D eigenvalue weighted by atomic mass is 10.0. The van der Waals surface area contributed by atoms with Gasteiger partial charge in [-0.2, -0.15) is 0 Å². The lowest BCUT2D eigenvalue weighted by Crippen LogP contribution is -2.71. The van der Waals surface area contributed by atoms with Crippen LogP contribution in [0, 0.1) is 0 Å². The number of hydrogen-bond acceptors (Lipinski definition) is 3. The van der Waals surface area contributed by atoms with E-state index >= 15 is 0 Å². The number of amides is 1. The molecule has 0 aromatic heterocycles. The summed E-state index contributed by atoms with van der Waals surface area (Å²) >= 11 is 0. The first-order valence-electron chi connectivity index (χ1n) is 7.10. The van der Waals surface area contributed by atoms with Crippen molar-refractivity contribution in [3.63, 3.8) is 0 Å². The van der Waals surface area contributed by atoms with Crippen LogP contribution in [0.2, 0.25) is 18.1 Å². The molecule has 0 bridgehead atoms. The molecule has 2 heterocycles. The highest BCUT2D eigenvalue weighted by Gasteiger charge is 2.55. The van der Waals surface area contributed by atoms with Crippen molar-refractivity contribution in [2.24, 2.45) is 0 Å². The minimum atomic E-state index is -1.81. The molecule has 0 aliphatic carbocycles. The fraction of sp³-hybridized carbons (Fsp3) is 0.929. The topological polar surface area (TPSA) is 38.8 Å². The largest absolute Gasteiger partial charge is 0.363 e. The summed E-state index contributed by atoms with van der Waals surface area (Å²) in [7, 11) is -1.81. The summed E-state index contributed by atoms with van der Waals surface area (Å²) in [5.41, 5.74) is 0. The second-order valence-corrected chi connectivity index (χ2v) is 12.8. The van der Waals surface area contributed by atoms with Crippen LogP contribution in [-0.4, -0.2) is 43.2 Å². The average molecular weight is 285 g/mol. The molecule has 2 saturated heterocycles. The van der Waals surface area contributed by atoms with Gasteiger partial charge in [0.25, 0.3) is 0 Å². The Morgan fingerprint density at radius 2 is 1.89 bits per heavy atom. The minimum Gasteiger partial charge on any atom is -0.363 e. The normalized spacial score (nSPS) is 31.5. The molecular formula is C14H27NO3Si. The maximum absolute atomic E-state index is 12.1. The molecule has 0 aromatic carbocycles. The van der Waals surface area contributed by atoms with Crippen LogP contribution in [-0.2, 0) is 14.3 Å².